The summed E-state index contributed by atoms with van der Waals surface area (Å²) in [5, 5.41) is 17.6. The van der Waals surface area contributed by atoms with Crippen molar-refractivity contribution in [2.75, 3.05) is 6.54 Å². The van der Waals surface area contributed by atoms with Gasteiger partial charge < -0.3 is 38.3 Å². The highest BCUT2D eigenvalue weighted by atomic mass is 19.4. The number of rotatable bonds is 12. The van der Waals surface area contributed by atoms with Crippen molar-refractivity contribution in [3.05, 3.63) is 107 Å². The molecule has 0 saturated heterocycles. The van der Waals surface area contributed by atoms with E-state index in [1.54, 1.807) is 17.0 Å². The molecule has 3 aromatic rings. The molecule has 1 heterocycles. The summed E-state index contributed by atoms with van der Waals surface area (Å²) < 4.78 is 31.7. The summed E-state index contributed by atoms with van der Waals surface area (Å²) in [6, 6.07) is 22.6. The first kappa shape index (κ1) is 38.5. The molecule has 0 radical (unpaired) electrons. The second kappa shape index (κ2) is 17.5. The van der Waals surface area contributed by atoms with Crippen LogP contribution in [0.4, 0.5) is 13.2 Å². The molecule has 0 saturated carbocycles. The van der Waals surface area contributed by atoms with Gasteiger partial charge in [0.25, 0.3) is 0 Å². The molecular formula is C34H39F3N8O5. The number of amides is 3. The third-order valence-electron chi connectivity index (χ3n) is 7.89. The number of guanidine groups is 1. The number of amidine groups is 1. The van der Waals surface area contributed by atoms with Crippen molar-refractivity contribution in [2.24, 2.45) is 27.9 Å². The number of benzene rings is 3. The van der Waals surface area contributed by atoms with Gasteiger partial charge in [-0.1, -0.05) is 78.9 Å². The highest BCUT2D eigenvalue weighted by Gasteiger charge is 2.39. The molecule has 0 spiro atoms. The van der Waals surface area contributed by atoms with Gasteiger partial charge in [-0.2, -0.15) is 13.2 Å². The van der Waals surface area contributed by atoms with Crippen LogP contribution in [-0.2, 0) is 38.6 Å². The van der Waals surface area contributed by atoms with Crippen molar-refractivity contribution in [2.45, 2.75) is 56.4 Å². The Morgan fingerprint density at radius 3 is 2.04 bits per heavy atom. The summed E-state index contributed by atoms with van der Waals surface area (Å²) in [5.41, 5.74) is 26.2. The maximum Gasteiger partial charge on any atom is 0.490 e. The van der Waals surface area contributed by atoms with Gasteiger partial charge in [-0.25, -0.2) is 4.79 Å². The predicted octanol–water partition coefficient (Wildman–Crippen LogP) is 1.91. The van der Waals surface area contributed by atoms with Crippen LogP contribution in [0.1, 0.15) is 46.6 Å². The SMILES string of the molecule is N=C(N)c1ccc(CC(C(=O)N2Cc3ccccc3C[C@H]2C(=O)N[C@@H](CCCN=C(N)N)C(N)=O)c2ccccc2)cc1.O=C(O)C(F)(F)F. The number of fused-ring (bicyclic) bond motifs is 1. The molecule has 50 heavy (non-hydrogen) atoms. The number of aliphatic carboxylic acids is 1. The maximum absolute atomic E-state index is 14.5. The molecule has 0 bridgehead atoms. The number of nitrogens with two attached hydrogens (primary N) is 4. The molecule has 0 aliphatic carbocycles. The van der Waals surface area contributed by atoms with Gasteiger partial charge >= 0.3 is 12.1 Å². The minimum Gasteiger partial charge on any atom is -0.475 e. The van der Waals surface area contributed by atoms with E-state index in [9.17, 15) is 27.6 Å². The van der Waals surface area contributed by atoms with Crippen molar-refractivity contribution in [3.8, 4) is 0 Å². The second-order valence-electron chi connectivity index (χ2n) is 11.4. The maximum atomic E-state index is 14.5. The van der Waals surface area contributed by atoms with Gasteiger partial charge in [-0.3, -0.25) is 24.8 Å². The average molecular weight is 697 g/mol. The van der Waals surface area contributed by atoms with Crippen LogP contribution >= 0.6 is 0 Å². The van der Waals surface area contributed by atoms with E-state index in [0.717, 1.165) is 22.3 Å². The minimum atomic E-state index is -5.08. The smallest absolute Gasteiger partial charge is 0.475 e. The Labute approximate surface area is 286 Å². The fourth-order valence-corrected chi connectivity index (χ4v) is 5.34. The number of aliphatic imine (C=N–C) groups is 1. The summed E-state index contributed by atoms with van der Waals surface area (Å²) in [6.07, 6.45) is -3.73. The highest BCUT2D eigenvalue weighted by Crippen LogP contribution is 2.30. The molecule has 13 nitrogen and oxygen atoms in total. The van der Waals surface area contributed by atoms with Gasteiger partial charge in [0.15, 0.2) is 5.96 Å². The van der Waals surface area contributed by atoms with Crippen LogP contribution in [0.5, 0.6) is 0 Å². The molecule has 1 aliphatic heterocycles. The summed E-state index contributed by atoms with van der Waals surface area (Å²) in [7, 11) is 0. The molecule has 11 N–H and O–H groups in total. The molecule has 3 amide bonds. The Kier molecular flexibility index (Phi) is 13.5. The van der Waals surface area contributed by atoms with Gasteiger partial charge in [0.1, 0.15) is 17.9 Å². The van der Waals surface area contributed by atoms with E-state index < -0.39 is 42.0 Å². The number of nitrogens with zero attached hydrogens (tertiary/aromatic N) is 2. The van der Waals surface area contributed by atoms with Crippen LogP contribution in [0.2, 0.25) is 0 Å². The Morgan fingerprint density at radius 2 is 1.50 bits per heavy atom. The first-order valence-electron chi connectivity index (χ1n) is 15.4. The van der Waals surface area contributed by atoms with E-state index in [1.807, 2.05) is 66.7 Å². The van der Waals surface area contributed by atoms with Crippen LogP contribution in [0.15, 0.2) is 83.9 Å². The first-order chi connectivity index (χ1) is 23.6. The first-order valence-corrected chi connectivity index (χ1v) is 15.4. The van der Waals surface area contributed by atoms with Crippen molar-refractivity contribution in [3.63, 3.8) is 0 Å². The standard InChI is InChI=1S/C32H38N8O3.C2HF3O2/c33-28(34)22-14-12-20(13-15-22)17-25(21-7-2-1-3-8-21)31(43)40-19-24-10-5-4-9-23(24)18-27(40)30(42)39-26(29(35)41)11-6-16-38-32(36)37;3-2(4,5)1(6)7/h1-5,7-10,12-15,25-27H,6,11,16-19H2,(H3,33,34)(H2,35,41)(H,39,42)(H4,36,37,38);(H,6,7)/t25?,26-,27-;/m0./s1. The molecule has 1 unspecified atom stereocenters. The monoisotopic (exact) mass is 696 g/mol. The summed E-state index contributed by atoms with van der Waals surface area (Å²) in [4.78, 5) is 54.9. The lowest BCUT2D eigenvalue weighted by atomic mass is 9.87. The Bertz CT molecular complexity index is 1700. The fourth-order valence-electron chi connectivity index (χ4n) is 5.34. The number of halogens is 3. The van der Waals surface area contributed by atoms with Gasteiger partial charge in [0.05, 0.1) is 5.92 Å². The minimum absolute atomic E-state index is 0.0337. The van der Waals surface area contributed by atoms with Crippen LogP contribution in [-0.4, -0.2) is 70.3 Å². The topological polar surface area (TPSA) is 244 Å². The zero-order chi connectivity index (χ0) is 37.0. The number of nitrogen functional groups attached to an aromatic ring is 1. The molecule has 4 rings (SSSR count). The number of carboxylic acid groups (broad SMARTS) is 1. The Balaban J connectivity index is 0.000000872. The average Bonchev–Trinajstić information content (AvgIpc) is 3.07. The third kappa shape index (κ3) is 11.1. The van der Waals surface area contributed by atoms with Gasteiger partial charge in [-0.15, -0.1) is 0 Å². The van der Waals surface area contributed by atoms with Crippen LogP contribution < -0.4 is 28.3 Å². The number of hydrogen-bond donors (Lipinski definition) is 7. The predicted molar refractivity (Wildman–Crippen MR) is 180 cm³/mol. The number of carbonyl (C=O) groups excluding carboxylic acids is 3. The molecule has 266 valence electrons. The molecule has 3 aromatic carbocycles. The summed E-state index contributed by atoms with van der Waals surface area (Å²) in [6.45, 7) is 0.529. The Hall–Kier alpha value is -5.93. The van der Waals surface area contributed by atoms with Crippen LogP contribution in [0.25, 0.3) is 0 Å². The normalized spacial score (nSPS) is 14.9. The van der Waals surface area contributed by atoms with E-state index in [1.165, 1.54) is 0 Å². The number of alkyl halides is 3. The van der Waals surface area contributed by atoms with Gasteiger partial charge in [0, 0.05) is 25.1 Å². The lowest BCUT2D eigenvalue weighted by Crippen LogP contribution is -2.57. The number of carbonyl (C=O) groups is 4. The second-order valence-corrected chi connectivity index (χ2v) is 11.4. The fraction of sp³-hybridized carbons (Fsp3) is 0.294. The number of primary amides is 1. The van der Waals surface area contributed by atoms with Crippen molar-refractivity contribution in [1.82, 2.24) is 10.2 Å². The molecule has 16 heteroatoms. The Morgan fingerprint density at radius 1 is 0.920 bits per heavy atom. The zero-order valence-corrected chi connectivity index (χ0v) is 26.9. The summed E-state index contributed by atoms with van der Waals surface area (Å²) in [5.74, 6) is -4.77. The molecule has 1 aliphatic rings. The van der Waals surface area contributed by atoms with Gasteiger partial charge in [0.2, 0.25) is 17.7 Å². The number of carboxylic acids is 1. The third-order valence-corrected chi connectivity index (χ3v) is 7.89. The lowest BCUT2D eigenvalue weighted by molar-refractivity contribution is -0.192. The highest BCUT2D eigenvalue weighted by molar-refractivity contribution is 5.95. The van der Waals surface area contributed by atoms with Crippen molar-refractivity contribution < 1.29 is 37.5 Å². The van der Waals surface area contributed by atoms with Crippen LogP contribution in [0.3, 0.4) is 0 Å². The molecule has 3 atom stereocenters. The van der Waals surface area contributed by atoms with E-state index in [4.69, 9.17) is 38.2 Å². The van der Waals surface area contributed by atoms with Crippen molar-refractivity contribution >= 4 is 35.5 Å². The van der Waals surface area contributed by atoms with E-state index in [0.29, 0.717) is 24.8 Å². The van der Waals surface area contributed by atoms with Crippen LogP contribution in [0, 0.1) is 5.41 Å². The lowest BCUT2D eigenvalue weighted by Gasteiger charge is -2.38. The largest absolute Gasteiger partial charge is 0.490 e. The van der Waals surface area contributed by atoms with Crippen molar-refractivity contribution in [1.29, 1.82) is 5.41 Å². The van der Waals surface area contributed by atoms with Gasteiger partial charge in [-0.05, 0) is 41.5 Å². The van der Waals surface area contributed by atoms with E-state index >= 15 is 0 Å². The number of hydrogen-bond acceptors (Lipinski definition) is 6. The molecule has 0 fully saturated rings. The quantitative estimate of drug-likeness (QED) is 0.0836. The van der Waals surface area contributed by atoms with E-state index in [-0.39, 0.29) is 37.2 Å². The van der Waals surface area contributed by atoms with E-state index in [2.05, 4.69) is 10.3 Å². The molecular weight excluding hydrogens is 657 g/mol. The molecule has 0 aromatic heterocycles. The zero-order valence-electron chi connectivity index (χ0n) is 26.9. The number of nitrogens with one attached hydrogen (secondary N) is 2. The summed E-state index contributed by atoms with van der Waals surface area (Å²) >= 11 is 0.